The molecule has 1 heterocycles. The smallest absolute Gasteiger partial charge is 0.233 e. The van der Waals surface area contributed by atoms with Gasteiger partial charge in [-0.25, -0.2) is 12.4 Å². The number of rotatable bonds is 3. The minimum atomic E-state index is -3.80. The summed E-state index contributed by atoms with van der Waals surface area (Å²) in [5.74, 6) is 0. The molecule has 0 N–H and O–H groups in total. The first-order chi connectivity index (χ1) is 12.9. The van der Waals surface area contributed by atoms with E-state index in [1.54, 1.807) is 36.4 Å². The van der Waals surface area contributed by atoms with E-state index in [-0.39, 0.29) is 4.90 Å². The van der Waals surface area contributed by atoms with Crippen molar-refractivity contribution in [3.63, 3.8) is 0 Å². The average Bonchev–Trinajstić information content (AvgIpc) is 2.95. The van der Waals surface area contributed by atoms with Crippen LogP contribution in [0.3, 0.4) is 0 Å². The van der Waals surface area contributed by atoms with Gasteiger partial charge in [0.1, 0.15) is 0 Å². The molecule has 3 nitrogen and oxygen atoms in total. The fourth-order valence-electron chi connectivity index (χ4n) is 3.39. The van der Waals surface area contributed by atoms with Crippen molar-refractivity contribution < 1.29 is 8.42 Å². The minimum absolute atomic E-state index is 0.252. The van der Waals surface area contributed by atoms with Crippen molar-refractivity contribution in [1.82, 2.24) is 3.97 Å². The lowest BCUT2D eigenvalue weighted by Gasteiger charge is -2.13. The van der Waals surface area contributed by atoms with E-state index in [0.717, 1.165) is 22.1 Å². The molecule has 3 aromatic carbocycles. The van der Waals surface area contributed by atoms with E-state index in [1.807, 2.05) is 50.2 Å². The van der Waals surface area contributed by atoms with Crippen LogP contribution in [0.2, 0.25) is 5.02 Å². The third-order valence-electron chi connectivity index (χ3n) is 4.75. The Morgan fingerprint density at radius 1 is 0.852 bits per heavy atom. The maximum atomic E-state index is 13.6. The van der Waals surface area contributed by atoms with E-state index in [4.69, 9.17) is 11.6 Å². The summed E-state index contributed by atoms with van der Waals surface area (Å²) in [4.78, 5) is 0.252. The van der Waals surface area contributed by atoms with E-state index in [1.165, 1.54) is 3.97 Å². The molecule has 27 heavy (non-hydrogen) atoms. The van der Waals surface area contributed by atoms with Crippen LogP contribution >= 0.6 is 11.6 Å². The zero-order chi connectivity index (χ0) is 19.2. The Balaban J connectivity index is 2.13. The zero-order valence-electron chi connectivity index (χ0n) is 15.0. The molecule has 0 aliphatic rings. The molecule has 136 valence electrons. The number of aromatic nitrogens is 1. The largest absolute Gasteiger partial charge is 0.268 e. The Bertz CT molecular complexity index is 1240. The van der Waals surface area contributed by atoms with Gasteiger partial charge in [-0.2, -0.15) is 0 Å². The molecule has 0 saturated heterocycles. The summed E-state index contributed by atoms with van der Waals surface area (Å²) in [6.07, 6.45) is 0. The molecule has 4 aromatic rings. The van der Waals surface area contributed by atoms with E-state index < -0.39 is 10.0 Å². The molecule has 0 aliphatic heterocycles. The second-order valence-electron chi connectivity index (χ2n) is 6.58. The summed E-state index contributed by atoms with van der Waals surface area (Å²) in [7, 11) is -3.80. The Morgan fingerprint density at radius 2 is 1.52 bits per heavy atom. The first-order valence-corrected chi connectivity index (χ1v) is 10.4. The van der Waals surface area contributed by atoms with Crippen LogP contribution in [-0.2, 0) is 10.0 Å². The minimum Gasteiger partial charge on any atom is -0.233 e. The average molecular weight is 396 g/mol. The molecule has 0 fully saturated rings. The van der Waals surface area contributed by atoms with Gasteiger partial charge < -0.3 is 0 Å². The Kier molecular flexibility index (Phi) is 4.33. The molecule has 0 unspecified atom stereocenters. The predicted octanol–water partition coefficient (Wildman–Crippen LogP) is 5.82. The van der Waals surface area contributed by atoms with Crippen molar-refractivity contribution in [2.75, 3.05) is 0 Å². The third kappa shape index (κ3) is 2.95. The Hall–Kier alpha value is -2.56. The number of nitrogens with zero attached hydrogens (tertiary/aromatic N) is 1. The molecular formula is C22H18ClNO2S. The topological polar surface area (TPSA) is 39.1 Å². The van der Waals surface area contributed by atoms with Crippen molar-refractivity contribution in [1.29, 1.82) is 0 Å². The lowest BCUT2D eigenvalue weighted by molar-refractivity contribution is 0.589. The van der Waals surface area contributed by atoms with Crippen molar-refractivity contribution in [3.05, 3.63) is 88.9 Å². The van der Waals surface area contributed by atoms with Crippen LogP contribution in [0.15, 0.2) is 77.7 Å². The molecule has 1 aromatic heterocycles. The highest BCUT2D eigenvalue weighted by Crippen LogP contribution is 2.37. The van der Waals surface area contributed by atoms with Gasteiger partial charge in [-0.15, -0.1) is 0 Å². The van der Waals surface area contributed by atoms with Gasteiger partial charge in [-0.3, -0.25) is 0 Å². The first-order valence-electron chi connectivity index (χ1n) is 8.58. The maximum absolute atomic E-state index is 13.6. The number of fused-ring (bicyclic) bond motifs is 1. The lowest BCUT2D eigenvalue weighted by Crippen LogP contribution is -2.14. The summed E-state index contributed by atoms with van der Waals surface area (Å²) in [6.45, 7) is 3.88. The maximum Gasteiger partial charge on any atom is 0.268 e. The van der Waals surface area contributed by atoms with Crippen molar-refractivity contribution in [2.24, 2.45) is 0 Å². The van der Waals surface area contributed by atoms with Gasteiger partial charge in [0.15, 0.2) is 0 Å². The number of hydrogen-bond acceptors (Lipinski definition) is 2. The normalized spacial score (nSPS) is 11.8. The van der Waals surface area contributed by atoms with Gasteiger partial charge in [0, 0.05) is 10.4 Å². The third-order valence-corrected chi connectivity index (χ3v) is 6.71. The Morgan fingerprint density at radius 3 is 2.19 bits per heavy atom. The summed E-state index contributed by atoms with van der Waals surface area (Å²) in [6, 6.07) is 21.8. The van der Waals surface area contributed by atoms with Gasteiger partial charge in [-0.1, -0.05) is 65.7 Å². The van der Waals surface area contributed by atoms with Gasteiger partial charge in [0.2, 0.25) is 0 Å². The highest BCUT2D eigenvalue weighted by Gasteiger charge is 2.26. The van der Waals surface area contributed by atoms with Crippen molar-refractivity contribution in [2.45, 2.75) is 18.7 Å². The van der Waals surface area contributed by atoms with Crippen LogP contribution in [0.25, 0.3) is 22.2 Å². The fraction of sp³-hybridized carbons (Fsp3) is 0.0909. The highest BCUT2D eigenvalue weighted by atomic mass is 35.5. The molecule has 0 saturated carbocycles. The molecule has 0 atom stereocenters. The summed E-state index contributed by atoms with van der Waals surface area (Å²) in [5.41, 5.74) is 4.00. The molecular weight excluding hydrogens is 378 g/mol. The fourth-order valence-corrected chi connectivity index (χ4v) is 5.14. The summed E-state index contributed by atoms with van der Waals surface area (Å²) < 4.78 is 28.6. The number of benzene rings is 3. The predicted molar refractivity (Wildman–Crippen MR) is 111 cm³/mol. The number of halogens is 1. The molecule has 0 radical (unpaired) electrons. The molecule has 0 spiro atoms. The Labute approximate surface area is 163 Å². The van der Waals surface area contributed by atoms with E-state index >= 15 is 0 Å². The zero-order valence-corrected chi connectivity index (χ0v) is 16.6. The van der Waals surface area contributed by atoms with Gasteiger partial charge in [0.25, 0.3) is 10.0 Å². The second-order valence-corrected chi connectivity index (χ2v) is 8.81. The summed E-state index contributed by atoms with van der Waals surface area (Å²) >= 11 is 6.21. The van der Waals surface area contributed by atoms with Gasteiger partial charge in [-0.05, 0) is 49.2 Å². The van der Waals surface area contributed by atoms with Crippen LogP contribution in [0.5, 0.6) is 0 Å². The molecule has 0 aliphatic carbocycles. The van der Waals surface area contributed by atoms with Crippen LogP contribution in [-0.4, -0.2) is 12.4 Å². The van der Waals surface area contributed by atoms with Crippen LogP contribution in [0, 0.1) is 13.8 Å². The van der Waals surface area contributed by atoms with Gasteiger partial charge >= 0.3 is 0 Å². The van der Waals surface area contributed by atoms with E-state index in [0.29, 0.717) is 16.2 Å². The first kappa shape index (κ1) is 17.8. The van der Waals surface area contributed by atoms with Crippen LogP contribution in [0.4, 0.5) is 0 Å². The number of aryl methyl sites for hydroxylation is 2. The van der Waals surface area contributed by atoms with Gasteiger partial charge in [0.05, 0.1) is 16.1 Å². The lowest BCUT2D eigenvalue weighted by atomic mass is 10.1. The quantitative estimate of drug-likeness (QED) is 0.438. The molecule has 4 rings (SSSR count). The summed E-state index contributed by atoms with van der Waals surface area (Å²) in [5, 5.41) is 1.37. The SMILES string of the molecule is Cc1ccc(S(=O)(=O)n2c(-c3ccccc3)c(C)c3ccc(Cl)cc32)cc1. The van der Waals surface area contributed by atoms with Crippen molar-refractivity contribution in [3.8, 4) is 11.3 Å². The van der Waals surface area contributed by atoms with Crippen molar-refractivity contribution >= 4 is 32.5 Å². The molecule has 0 bridgehead atoms. The van der Waals surface area contributed by atoms with Crippen LogP contribution < -0.4 is 0 Å². The monoisotopic (exact) mass is 395 g/mol. The van der Waals surface area contributed by atoms with E-state index in [9.17, 15) is 8.42 Å². The molecule has 5 heteroatoms. The second kappa shape index (κ2) is 6.55. The standard InChI is InChI=1S/C22H18ClNO2S/c1-15-8-11-19(12-9-15)27(25,26)24-21-14-18(23)10-13-20(21)16(2)22(24)17-6-4-3-5-7-17/h3-14H,1-2H3. The molecule has 0 amide bonds. The highest BCUT2D eigenvalue weighted by molar-refractivity contribution is 7.90. The van der Waals surface area contributed by atoms with Crippen LogP contribution in [0.1, 0.15) is 11.1 Å². The van der Waals surface area contributed by atoms with E-state index in [2.05, 4.69) is 0 Å². The number of hydrogen-bond donors (Lipinski definition) is 0.